The number of hydrogen-bond donors (Lipinski definition) is 1. The normalized spacial score (nSPS) is 10.3. The minimum absolute atomic E-state index is 0.244. The van der Waals surface area contributed by atoms with Crippen LogP contribution in [0.2, 0.25) is 0 Å². The van der Waals surface area contributed by atoms with Crippen LogP contribution in [0.3, 0.4) is 0 Å². The third-order valence-electron chi connectivity index (χ3n) is 1.70. The van der Waals surface area contributed by atoms with Crippen molar-refractivity contribution in [2.24, 2.45) is 0 Å². The number of anilines is 1. The number of rotatable bonds is 3. The molecule has 0 atom stereocenters. The summed E-state index contributed by atoms with van der Waals surface area (Å²) in [4.78, 5) is 8.00. The van der Waals surface area contributed by atoms with E-state index < -0.39 is 0 Å². The van der Waals surface area contributed by atoms with Crippen molar-refractivity contribution in [3.63, 3.8) is 0 Å². The minimum Gasteiger partial charge on any atom is -0.361 e. The topological polar surface area (TPSA) is 37.8 Å². The van der Waals surface area contributed by atoms with Gasteiger partial charge in [-0.2, -0.15) is 0 Å². The summed E-state index contributed by atoms with van der Waals surface area (Å²) in [6.45, 7) is 0.489. The van der Waals surface area contributed by atoms with Crippen molar-refractivity contribution < 1.29 is 4.39 Å². The second kappa shape index (κ2) is 4.67. The maximum absolute atomic E-state index is 13.3. The number of halogens is 2. The molecule has 0 saturated heterocycles. The average Bonchev–Trinajstić information content (AvgIpc) is 2.69. The summed E-state index contributed by atoms with van der Waals surface area (Å²) < 4.78 is 13.9. The van der Waals surface area contributed by atoms with E-state index in [1.165, 1.54) is 17.4 Å². The Hall–Kier alpha value is -1.01. The van der Waals surface area contributed by atoms with Gasteiger partial charge in [0, 0.05) is 22.2 Å². The molecular weight excluding hydrogens is 281 g/mol. The molecule has 2 heterocycles. The SMILES string of the molecule is Fc1cc(Br)cnc1NCc1nccs1. The molecule has 0 unspecified atom stereocenters. The van der Waals surface area contributed by atoms with Gasteiger partial charge in [-0.25, -0.2) is 14.4 Å². The highest BCUT2D eigenvalue weighted by Gasteiger charge is 2.04. The fourth-order valence-corrected chi connectivity index (χ4v) is 1.90. The summed E-state index contributed by atoms with van der Waals surface area (Å²) in [5, 5.41) is 5.66. The van der Waals surface area contributed by atoms with Crippen LogP contribution in [0.5, 0.6) is 0 Å². The standard InChI is InChI=1S/C9H7BrFN3S/c10-6-3-7(11)9(13-4-6)14-5-8-12-1-2-15-8/h1-4H,5H2,(H,13,14). The number of pyridine rings is 1. The van der Waals surface area contributed by atoms with Crippen LogP contribution >= 0.6 is 27.3 Å². The molecule has 78 valence electrons. The fourth-order valence-electron chi connectivity index (χ4n) is 1.04. The van der Waals surface area contributed by atoms with Gasteiger partial charge in [0.05, 0.1) is 6.54 Å². The smallest absolute Gasteiger partial charge is 0.166 e. The summed E-state index contributed by atoms with van der Waals surface area (Å²) in [6.07, 6.45) is 3.26. The third-order valence-corrected chi connectivity index (χ3v) is 2.91. The Morgan fingerprint density at radius 3 is 3.00 bits per heavy atom. The van der Waals surface area contributed by atoms with Gasteiger partial charge in [-0.05, 0) is 22.0 Å². The van der Waals surface area contributed by atoms with Gasteiger partial charge < -0.3 is 5.32 Å². The van der Waals surface area contributed by atoms with Crippen LogP contribution in [0.15, 0.2) is 28.3 Å². The van der Waals surface area contributed by atoms with Gasteiger partial charge in [0.2, 0.25) is 0 Å². The van der Waals surface area contributed by atoms with E-state index in [9.17, 15) is 4.39 Å². The molecule has 0 bridgehead atoms. The van der Waals surface area contributed by atoms with Gasteiger partial charge in [-0.15, -0.1) is 11.3 Å². The van der Waals surface area contributed by atoms with E-state index in [0.717, 1.165) is 5.01 Å². The first-order chi connectivity index (χ1) is 7.25. The summed E-state index contributed by atoms with van der Waals surface area (Å²) in [5.74, 6) is -0.130. The molecule has 2 rings (SSSR count). The first-order valence-corrected chi connectivity index (χ1v) is 5.86. The molecule has 0 spiro atoms. The van der Waals surface area contributed by atoms with Gasteiger partial charge in [-0.3, -0.25) is 0 Å². The molecule has 2 aromatic rings. The number of aromatic nitrogens is 2. The highest BCUT2D eigenvalue weighted by atomic mass is 79.9. The van der Waals surface area contributed by atoms with Gasteiger partial charge in [0.25, 0.3) is 0 Å². The Labute approximate surface area is 98.5 Å². The number of nitrogens with one attached hydrogen (secondary N) is 1. The molecule has 0 radical (unpaired) electrons. The fraction of sp³-hybridized carbons (Fsp3) is 0.111. The Morgan fingerprint density at radius 1 is 1.47 bits per heavy atom. The lowest BCUT2D eigenvalue weighted by atomic mass is 10.4. The number of thiazole rings is 1. The molecule has 2 aromatic heterocycles. The van der Waals surface area contributed by atoms with Crippen molar-refractivity contribution in [3.8, 4) is 0 Å². The largest absolute Gasteiger partial charge is 0.361 e. The zero-order valence-corrected chi connectivity index (χ0v) is 9.98. The Balaban J connectivity index is 2.05. The highest BCUT2D eigenvalue weighted by molar-refractivity contribution is 9.10. The maximum Gasteiger partial charge on any atom is 0.166 e. The second-order valence-corrected chi connectivity index (χ2v) is 4.66. The van der Waals surface area contributed by atoms with Crippen LogP contribution in [0.1, 0.15) is 5.01 Å². The van der Waals surface area contributed by atoms with Crippen molar-refractivity contribution in [2.45, 2.75) is 6.54 Å². The van der Waals surface area contributed by atoms with Crippen LogP contribution < -0.4 is 5.32 Å². The average molecular weight is 288 g/mol. The summed E-state index contributed by atoms with van der Waals surface area (Å²) >= 11 is 4.66. The first-order valence-electron chi connectivity index (χ1n) is 4.19. The third kappa shape index (κ3) is 2.73. The summed E-state index contributed by atoms with van der Waals surface area (Å²) in [6, 6.07) is 1.37. The van der Waals surface area contributed by atoms with Crippen LogP contribution in [0, 0.1) is 5.82 Å². The van der Waals surface area contributed by atoms with Crippen LogP contribution in [0.4, 0.5) is 10.2 Å². The van der Waals surface area contributed by atoms with Gasteiger partial charge in [0.15, 0.2) is 11.6 Å². The first kappa shape index (κ1) is 10.5. The van der Waals surface area contributed by atoms with E-state index in [4.69, 9.17) is 0 Å². The molecule has 0 aliphatic rings. The highest BCUT2D eigenvalue weighted by Crippen LogP contribution is 2.17. The molecule has 3 nitrogen and oxygen atoms in total. The molecule has 0 amide bonds. The number of hydrogen-bond acceptors (Lipinski definition) is 4. The summed E-state index contributed by atoms with van der Waals surface area (Å²) in [5.41, 5.74) is 0. The van der Waals surface area contributed by atoms with Crippen LogP contribution in [-0.2, 0) is 6.54 Å². The van der Waals surface area contributed by atoms with E-state index in [1.807, 2.05) is 5.38 Å². The van der Waals surface area contributed by atoms with Crippen molar-refractivity contribution in [1.82, 2.24) is 9.97 Å². The molecule has 0 saturated carbocycles. The molecule has 0 aliphatic carbocycles. The van der Waals surface area contributed by atoms with E-state index in [1.54, 1.807) is 12.4 Å². The number of nitrogens with zero attached hydrogens (tertiary/aromatic N) is 2. The Morgan fingerprint density at radius 2 is 2.33 bits per heavy atom. The molecule has 1 N–H and O–H groups in total. The van der Waals surface area contributed by atoms with Crippen molar-refractivity contribution in [3.05, 3.63) is 39.1 Å². The molecule has 15 heavy (non-hydrogen) atoms. The quantitative estimate of drug-likeness (QED) is 0.943. The van der Waals surface area contributed by atoms with Crippen molar-refractivity contribution in [2.75, 3.05) is 5.32 Å². The zero-order valence-electron chi connectivity index (χ0n) is 7.58. The monoisotopic (exact) mass is 287 g/mol. The zero-order chi connectivity index (χ0) is 10.7. The predicted molar refractivity (Wildman–Crippen MR) is 61.3 cm³/mol. The molecule has 0 aromatic carbocycles. The molecule has 6 heteroatoms. The van der Waals surface area contributed by atoms with E-state index in [0.29, 0.717) is 11.0 Å². The van der Waals surface area contributed by atoms with Gasteiger partial charge in [0.1, 0.15) is 5.01 Å². The van der Waals surface area contributed by atoms with Crippen LogP contribution in [0.25, 0.3) is 0 Å². The van der Waals surface area contributed by atoms with E-state index >= 15 is 0 Å². The lowest BCUT2D eigenvalue weighted by Crippen LogP contribution is -2.03. The lowest BCUT2D eigenvalue weighted by Gasteiger charge is -2.04. The minimum atomic E-state index is -0.374. The van der Waals surface area contributed by atoms with E-state index in [-0.39, 0.29) is 11.6 Å². The summed E-state index contributed by atoms with van der Waals surface area (Å²) in [7, 11) is 0. The van der Waals surface area contributed by atoms with Gasteiger partial charge in [-0.1, -0.05) is 0 Å². The predicted octanol–water partition coefficient (Wildman–Crippen LogP) is 3.05. The Bertz CT molecular complexity index is 447. The van der Waals surface area contributed by atoms with Gasteiger partial charge >= 0.3 is 0 Å². The molecule has 0 aliphatic heterocycles. The van der Waals surface area contributed by atoms with Crippen molar-refractivity contribution >= 4 is 33.1 Å². The lowest BCUT2D eigenvalue weighted by molar-refractivity contribution is 0.623. The maximum atomic E-state index is 13.3. The van der Waals surface area contributed by atoms with Crippen LogP contribution in [-0.4, -0.2) is 9.97 Å². The molecule has 0 fully saturated rings. The Kier molecular flexibility index (Phi) is 3.27. The second-order valence-electron chi connectivity index (χ2n) is 2.76. The van der Waals surface area contributed by atoms with Crippen molar-refractivity contribution in [1.29, 1.82) is 0 Å². The van der Waals surface area contributed by atoms with E-state index in [2.05, 4.69) is 31.2 Å². The molecular formula is C9H7BrFN3S.